The number of ether oxygens (including phenoxy) is 2. The van der Waals surface area contributed by atoms with E-state index in [1.165, 1.54) is 24.3 Å². The standard InChI is InChI=1S/C16H16N2O5/c1-11(12-4-3-5-15(10-12)22-2)17-16(19)23-14-8-6-13(7-9-14)18(20)21/h3-11H,1-2H3,(H,17,19)/t11-/m1/s1. The molecule has 0 unspecified atom stereocenters. The summed E-state index contributed by atoms with van der Waals surface area (Å²) in [7, 11) is 1.57. The number of carbonyl (C=O) groups excluding carboxylic acids is 1. The molecule has 2 rings (SSSR count). The van der Waals surface area contributed by atoms with Crippen LogP contribution in [0.2, 0.25) is 0 Å². The smallest absolute Gasteiger partial charge is 0.413 e. The van der Waals surface area contributed by atoms with Crippen LogP contribution in [-0.4, -0.2) is 18.1 Å². The van der Waals surface area contributed by atoms with Gasteiger partial charge in [-0.3, -0.25) is 10.1 Å². The highest BCUT2D eigenvalue weighted by Crippen LogP contribution is 2.20. The lowest BCUT2D eigenvalue weighted by molar-refractivity contribution is -0.384. The number of carbonyl (C=O) groups is 1. The Morgan fingerprint density at radius 2 is 1.87 bits per heavy atom. The first-order valence-electron chi connectivity index (χ1n) is 6.86. The summed E-state index contributed by atoms with van der Waals surface area (Å²) < 4.78 is 10.2. The quantitative estimate of drug-likeness (QED) is 0.674. The van der Waals surface area contributed by atoms with Crippen molar-refractivity contribution in [2.24, 2.45) is 0 Å². The Morgan fingerprint density at radius 3 is 2.48 bits per heavy atom. The van der Waals surface area contributed by atoms with Gasteiger partial charge in [0.1, 0.15) is 11.5 Å². The highest BCUT2D eigenvalue weighted by molar-refractivity contribution is 5.71. The molecule has 0 aliphatic carbocycles. The Hall–Kier alpha value is -3.09. The number of hydrogen-bond donors (Lipinski definition) is 1. The van der Waals surface area contributed by atoms with Crippen LogP contribution in [0.25, 0.3) is 0 Å². The topological polar surface area (TPSA) is 90.7 Å². The number of hydrogen-bond acceptors (Lipinski definition) is 5. The van der Waals surface area contributed by atoms with E-state index < -0.39 is 11.0 Å². The third-order valence-corrected chi connectivity index (χ3v) is 3.19. The van der Waals surface area contributed by atoms with Gasteiger partial charge in [-0.05, 0) is 36.8 Å². The van der Waals surface area contributed by atoms with Crippen molar-refractivity contribution in [1.82, 2.24) is 5.32 Å². The van der Waals surface area contributed by atoms with Gasteiger partial charge in [-0.1, -0.05) is 12.1 Å². The van der Waals surface area contributed by atoms with Gasteiger partial charge in [0, 0.05) is 12.1 Å². The highest BCUT2D eigenvalue weighted by atomic mass is 16.6. The lowest BCUT2D eigenvalue weighted by Gasteiger charge is -2.15. The van der Waals surface area contributed by atoms with E-state index in [9.17, 15) is 14.9 Å². The summed E-state index contributed by atoms with van der Waals surface area (Å²) in [5.41, 5.74) is 0.799. The zero-order valence-corrected chi connectivity index (χ0v) is 12.7. The van der Waals surface area contributed by atoms with Crippen molar-refractivity contribution in [2.75, 3.05) is 7.11 Å². The summed E-state index contributed by atoms with van der Waals surface area (Å²) in [6.45, 7) is 1.81. The molecule has 0 spiro atoms. The molecular weight excluding hydrogens is 300 g/mol. The minimum Gasteiger partial charge on any atom is -0.497 e. The maximum atomic E-state index is 11.9. The molecule has 0 saturated heterocycles. The summed E-state index contributed by atoms with van der Waals surface area (Å²) in [5.74, 6) is 0.922. The largest absolute Gasteiger partial charge is 0.497 e. The van der Waals surface area contributed by atoms with E-state index in [-0.39, 0.29) is 17.5 Å². The van der Waals surface area contributed by atoms with Gasteiger partial charge in [0.05, 0.1) is 18.1 Å². The molecule has 23 heavy (non-hydrogen) atoms. The number of nitro benzene ring substituents is 1. The molecule has 7 nitrogen and oxygen atoms in total. The molecule has 120 valence electrons. The molecule has 1 amide bonds. The van der Waals surface area contributed by atoms with Crippen molar-refractivity contribution >= 4 is 11.8 Å². The minimum atomic E-state index is -0.644. The fourth-order valence-corrected chi connectivity index (χ4v) is 1.94. The second-order valence-electron chi connectivity index (χ2n) is 4.78. The van der Waals surface area contributed by atoms with Crippen molar-refractivity contribution in [3.05, 3.63) is 64.2 Å². The normalized spacial score (nSPS) is 11.4. The van der Waals surface area contributed by atoms with Crippen LogP contribution >= 0.6 is 0 Å². The van der Waals surface area contributed by atoms with Crippen LogP contribution in [0.15, 0.2) is 48.5 Å². The van der Waals surface area contributed by atoms with E-state index in [1.54, 1.807) is 7.11 Å². The lowest BCUT2D eigenvalue weighted by atomic mass is 10.1. The predicted molar refractivity (Wildman–Crippen MR) is 83.7 cm³/mol. The molecule has 1 atom stereocenters. The van der Waals surface area contributed by atoms with Gasteiger partial charge in [0.15, 0.2) is 0 Å². The number of nitro groups is 1. The molecule has 0 bridgehead atoms. The Labute approximate surface area is 133 Å². The van der Waals surface area contributed by atoms with E-state index >= 15 is 0 Å². The van der Waals surface area contributed by atoms with Crippen LogP contribution in [0.4, 0.5) is 10.5 Å². The Morgan fingerprint density at radius 1 is 1.17 bits per heavy atom. The third-order valence-electron chi connectivity index (χ3n) is 3.19. The van der Waals surface area contributed by atoms with Crippen molar-refractivity contribution in [2.45, 2.75) is 13.0 Å². The van der Waals surface area contributed by atoms with Gasteiger partial charge in [-0.15, -0.1) is 0 Å². The monoisotopic (exact) mass is 316 g/mol. The average molecular weight is 316 g/mol. The summed E-state index contributed by atoms with van der Waals surface area (Å²) in [6, 6.07) is 12.3. The number of nitrogens with one attached hydrogen (secondary N) is 1. The second kappa shape index (κ2) is 7.26. The minimum absolute atomic E-state index is 0.0671. The van der Waals surface area contributed by atoms with Gasteiger partial charge in [0.2, 0.25) is 0 Å². The SMILES string of the molecule is COc1cccc([C@@H](C)NC(=O)Oc2ccc([N+](=O)[O-])cc2)c1. The van der Waals surface area contributed by atoms with Crippen molar-refractivity contribution in [1.29, 1.82) is 0 Å². The summed E-state index contributed by atoms with van der Waals surface area (Å²) in [4.78, 5) is 21.9. The second-order valence-corrected chi connectivity index (χ2v) is 4.78. The van der Waals surface area contributed by atoms with Crippen LogP contribution in [-0.2, 0) is 0 Å². The molecule has 0 heterocycles. The fourth-order valence-electron chi connectivity index (χ4n) is 1.94. The zero-order chi connectivity index (χ0) is 16.8. The Balaban J connectivity index is 1.96. The maximum absolute atomic E-state index is 11.9. The molecule has 2 aromatic carbocycles. The molecule has 0 fully saturated rings. The molecule has 0 aliphatic heterocycles. The summed E-state index contributed by atoms with van der Waals surface area (Å²) in [5, 5.41) is 13.2. The Bertz CT molecular complexity index is 700. The number of nitrogens with zero attached hydrogens (tertiary/aromatic N) is 1. The number of rotatable bonds is 5. The van der Waals surface area contributed by atoms with Crippen molar-refractivity contribution < 1.29 is 19.2 Å². The van der Waals surface area contributed by atoms with Gasteiger partial charge >= 0.3 is 6.09 Å². The van der Waals surface area contributed by atoms with E-state index in [2.05, 4.69) is 5.32 Å². The van der Waals surface area contributed by atoms with Gasteiger partial charge in [-0.25, -0.2) is 4.79 Å². The molecule has 1 N–H and O–H groups in total. The van der Waals surface area contributed by atoms with Gasteiger partial charge in [0.25, 0.3) is 5.69 Å². The molecule has 0 saturated carbocycles. The molecular formula is C16H16N2O5. The van der Waals surface area contributed by atoms with Crippen LogP contribution in [0, 0.1) is 10.1 Å². The first-order chi connectivity index (χ1) is 11.0. The number of amides is 1. The third kappa shape index (κ3) is 4.44. The highest BCUT2D eigenvalue weighted by Gasteiger charge is 2.13. The van der Waals surface area contributed by atoms with E-state index in [0.29, 0.717) is 5.75 Å². The fraction of sp³-hybridized carbons (Fsp3) is 0.188. The summed E-state index contributed by atoms with van der Waals surface area (Å²) >= 11 is 0. The van der Waals surface area contributed by atoms with Crippen LogP contribution < -0.4 is 14.8 Å². The number of non-ortho nitro benzene ring substituents is 1. The Kier molecular flexibility index (Phi) is 5.14. The van der Waals surface area contributed by atoms with E-state index in [1.807, 2.05) is 31.2 Å². The van der Waals surface area contributed by atoms with E-state index in [0.717, 1.165) is 5.56 Å². The number of benzene rings is 2. The lowest BCUT2D eigenvalue weighted by Crippen LogP contribution is -2.29. The van der Waals surface area contributed by atoms with Crippen LogP contribution in [0.3, 0.4) is 0 Å². The first kappa shape index (κ1) is 16.3. The van der Waals surface area contributed by atoms with E-state index in [4.69, 9.17) is 9.47 Å². The zero-order valence-electron chi connectivity index (χ0n) is 12.7. The van der Waals surface area contributed by atoms with Gasteiger partial charge < -0.3 is 14.8 Å². The van der Waals surface area contributed by atoms with Crippen molar-refractivity contribution in [3.8, 4) is 11.5 Å². The molecule has 0 aliphatic rings. The summed E-state index contributed by atoms with van der Waals surface area (Å²) in [6.07, 6.45) is -0.644. The average Bonchev–Trinajstić information content (AvgIpc) is 2.55. The van der Waals surface area contributed by atoms with Gasteiger partial charge in [-0.2, -0.15) is 0 Å². The molecule has 0 radical (unpaired) electrons. The maximum Gasteiger partial charge on any atom is 0.413 e. The first-order valence-corrected chi connectivity index (χ1v) is 6.86. The molecule has 7 heteroatoms. The molecule has 2 aromatic rings. The molecule has 0 aromatic heterocycles. The predicted octanol–water partition coefficient (Wildman–Crippen LogP) is 3.45. The van der Waals surface area contributed by atoms with Crippen LogP contribution in [0.5, 0.6) is 11.5 Å². The van der Waals surface area contributed by atoms with Crippen LogP contribution in [0.1, 0.15) is 18.5 Å². The number of methoxy groups -OCH3 is 1. The van der Waals surface area contributed by atoms with Crippen molar-refractivity contribution in [3.63, 3.8) is 0 Å².